The Bertz CT molecular complexity index is 687. The maximum Gasteiger partial charge on any atom is 0.419 e. The standard InChI is InChI=1S/C14H11F3N2OS2/c1-8-11(20)19(12(22-8)9-3-2-5-18-7-9)13-10(4-6-21-13)14(15,16)17/h2-8,12H,1H3. The second-order valence-electron chi connectivity index (χ2n) is 4.76. The molecule has 2 aromatic heterocycles. The van der Waals surface area contributed by atoms with Gasteiger partial charge in [0, 0.05) is 18.0 Å². The predicted molar refractivity (Wildman–Crippen MR) is 80.8 cm³/mol. The van der Waals surface area contributed by atoms with Gasteiger partial charge >= 0.3 is 6.18 Å². The van der Waals surface area contributed by atoms with Crippen molar-refractivity contribution in [3.63, 3.8) is 0 Å². The zero-order chi connectivity index (χ0) is 15.9. The number of alkyl halides is 3. The van der Waals surface area contributed by atoms with E-state index in [0.717, 1.165) is 17.4 Å². The van der Waals surface area contributed by atoms with Gasteiger partial charge in [-0.1, -0.05) is 6.07 Å². The van der Waals surface area contributed by atoms with E-state index in [1.165, 1.54) is 22.0 Å². The monoisotopic (exact) mass is 344 g/mol. The van der Waals surface area contributed by atoms with E-state index in [1.807, 2.05) is 0 Å². The van der Waals surface area contributed by atoms with Crippen LogP contribution in [-0.2, 0) is 11.0 Å². The first-order valence-corrected chi connectivity index (χ1v) is 8.25. The van der Waals surface area contributed by atoms with Gasteiger partial charge in [-0.05, 0) is 24.4 Å². The number of thiophene rings is 1. The minimum atomic E-state index is -4.48. The van der Waals surface area contributed by atoms with E-state index in [4.69, 9.17) is 0 Å². The highest BCUT2D eigenvalue weighted by atomic mass is 32.2. The van der Waals surface area contributed by atoms with Crippen LogP contribution in [0.25, 0.3) is 0 Å². The fourth-order valence-electron chi connectivity index (χ4n) is 2.28. The minimum Gasteiger partial charge on any atom is -0.285 e. The fourth-order valence-corrected chi connectivity index (χ4v) is 4.55. The highest BCUT2D eigenvalue weighted by molar-refractivity contribution is 8.01. The molecule has 8 heteroatoms. The molecule has 22 heavy (non-hydrogen) atoms. The van der Waals surface area contributed by atoms with E-state index in [2.05, 4.69) is 4.98 Å². The highest BCUT2D eigenvalue weighted by Crippen LogP contribution is 2.50. The number of nitrogens with zero attached hydrogens (tertiary/aromatic N) is 2. The van der Waals surface area contributed by atoms with E-state index < -0.39 is 22.4 Å². The van der Waals surface area contributed by atoms with Crippen LogP contribution in [-0.4, -0.2) is 16.1 Å². The molecule has 116 valence electrons. The van der Waals surface area contributed by atoms with Crippen LogP contribution in [0.15, 0.2) is 36.0 Å². The summed E-state index contributed by atoms with van der Waals surface area (Å²) in [6.45, 7) is 1.71. The van der Waals surface area contributed by atoms with Gasteiger partial charge in [0.25, 0.3) is 0 Å². The largest absolute Gasteiger partial charge is 0.419 e. The molecule has 3 heterocycles. The van der Waals surface area contributed by atoms with Crippen molar-refractivity contribution >= 4 is 34.0 Å². The summed E-state index contributed by atoms with van der Waals surface area (Å²) < 4.78 is 39.4. The Hall–Kier alpha value is -1.54. The van der Waals surface area contributed by atoms with Crippen molar-refractivity contribution in [1.82, 2.24) is 4.98 Å². The van der Waals surface area contributed by atoms with Crippen LogP contribution in [0, 0.1) is 0 Å². The quantitative estimate of drug-likeness (QED) is 0.813. The molecule has 0 saturated carbocycles. The first kappa shape index (κ1) is 15.4. The molecule has 0 bridgehead atoms. The first-order chi connectivity index (χ1) is 10.4. The third-order valence-corrected chi connectivity index (χ3v) is 5.55. The summed E-state index contributed by atoms with van der Waals surface area (Å²) in [7, 11) is 0. The topological polar surface area (TPSA) is 33.2 Å². The lowest BCUT2D eigenvalue weighted by Crippen LogP contribution is -2.31. The smallest absolute Gasteiger partial charge is 0.285 e. The number of carbonyl (C=O) groups is 1. The van der Waals surface area contributed by atoms with Crippen LogP contribution in [0.3, 0.4) is 0 Å². The van der Waals surface area contributed by atoms with Gasteiger partial charge in [0.2, 0.25) is 5.91 Å². The van der Waals surface area contributed by atoms with Crippen molar-refractivity contribution in [3.05, 3.63) is 47.1 Å². The Kier molecular flexibility index (Phi) is 3.90. The molecule has 2 atom stereocenters. The predicted octanol–water partition coefficient (Wildman–Crippen LogP) is 4.33. The van der Waals surface area contributed by atoms with Crippen molar-refractivity contribution in [2.24, 2.45) is 0 Å². The van der Waals surface area contributed by atoms with Crippen LogP contribution >= 0.6 is 23.1 Å². The van der Waals surface area contributed by atoms with Gasteiger partial charge < -0.3 is 0 Å². The number of amides is 1. The van der Waals surface area contributed by atoms with E-state index >= 15 is 0 Å². The Balaban J connectivity index is 2.07. The number of hydrogen-bond donors (Lipinski definition) is 0. The van der Waals surface area contributed by atoms with Gasteiger partial charge in [0.15, 0.2) is 0 Å². The molecule has 1 saturated heterocycles. The summed E-state index contributed by atoms with van der Waals surface area (Å²) >= 11 is 2.26. The number of pyridine rings is 1. The summed E-state index contributed by atoms with van der Waals surface area (Å²) in [6, 6.07) is 4.49. The maximum atomic E-state index is 13.1. The lowest BCUT2D eigenvalue weighted by atomic mass is 10.2. The molecule has 3 nitrogen and oxygen atoms in total. The van der Waals surface area contributed by atoms with Gasteiger partial charge in [0.05, 0.1) is 10.8 Å². The second-order valence-corrected chi connectivity index (χ2v) is 7.08. The molecule has 2 unspecified atom stereocenters. The summed E-state index contributed by atoms with van der Waals surface area (Å²) in [5.41, 5.74) is -0.0545. The number of aromatic nitrogens is 1. The van der Waals surface area contributed by atoms with Crippen molar-refractivity contribution in [2.75, 3.05) is 4.90 Å². The van der Waals surface area contributed by atoms with Gasteiger partial charge in [-0.2, -0.15) is 13.2 Å². The molecule has 0 spiro atoms. The minimum absolute atomic E-state index is 0.0526. The molecule has 1 fully saturated rings. The molecule has 1 aliphatic rings. The maximum absolute atomic E-state index is 13.1. The molecular formula is C14H11F3N2OS2. The third-order valence-electron chi connectivity index (χ3n) is 3.29. The summed E-state index contributed by atoms with van der Waals surface area (Å²) in [5.74, 6) is -0.313. The van der Waals surface area contributed by atoms with Crippen LogP contribution in [0.1, 0.15) is 23.4 Å². The van der Waals surface area contributed by atoms with Crippen LogP contribution in [0.4, 0.5) is 18.2 Å². The lowest BCUT2D eigenvalue weighted by Gasteiger charge is -2.24. The SMILES string of the molecule is CC1SC(c2cccnc2)N(c2sccc2C(F)(F)F)C1=O. The summed E-state index contributed by atoms with van der Waals surface area (Å²) in [6.07, 6.45) is -1.31. The van der Waals surface area contributed by atoms with Gasteiger partial charge in [-0.15, -0.1) is 23.1 Å². The molecule has 1 aliphatic heterocycles. The number of rotatable bonds is 2. The van der Waals surface area contributed by atoms with Gasteiger partial charge in [0.1, 0.15) is 10.4 Å². The molecule has 1 amide bonds. The molecule has 0 N–H and O–H groups in total. The van der Waals surface area contributed by atoms with E-state index in [-0.39, 0.29) is 10.9 Å². The number of anilines is 1. The van der Waals surface area contributed by atoms with Crippen molar-refractivity contribution in [1.29, 1.82) is 0 Å². The lowest BCUT2D eigenvalue weighted by molar-refractivity contribution is -0.136. The van der Waals surface area contributed by atoms with E-state index in [0.29, 0.717) is 5.56 Å². The second kappa shape index (κ2) is 5.58. The normalized spacial score (nSPS) is 22.4. The van der Waals surface area contributed by atoms with Gasteiger partial charge in [-0.25, -0.2) is 0 Å². The fraction of sp³-hybridized carbons (Fsp3) is 0.286. The van der Waals surface area contributed by atoms with Crippen molar-refractivity contribution in [3.8, 4) is 0 Å². The Morgan fingerprint density at radius 2 is 2.09 bits per heavy atom. The van der Waals surface area contributed by atoms with Crippen LogP contribution < -0.4 is 4.90 Å². The zero-order valence-electron chi connectivity index (χ0n) is 11.4. The number of halogens is 3. The highest BCUT2D eigenvalue weighted by Gasteiger charge is 2.44. The van der Waals surface area contributed by atoms with Crippen LogP contribution in [0.2, 0.25) is 0 Å². The molecule has 2 aromatic rings. The number of thioether (sulfide) groups is 1. The molecule has 0 radical (unpaired) electrons. The average molecular weight is 344 g/mol. The first-order valence-electron chi connectivity index (χ1n) is 6.42. The molecule has 3 rings (SSSR count). The van der Waals surface area contributed by atoms with E-state index in [1.54, 1.807) is 31.5 Å². The van der Waals surface area contributed by atoms with Crippen molar-refractivity contribution in [2.45, 2.75) is 23.7 Å². The average Bonchev–Trinajstić information content (AvgIpc) is 3.05. The van der Waals surface area contributed by atoms with Gasteiger partial charge in [-0.3, -0.25) is 14.7 Å². The molecule has 0 aliphatic carbocycles. The van der Waals surface area contributed by atoms with Crippen molar-refractivity contribution < 1.29 is 18.0 Å². The Morgan fingerprint density at radius 3 is 2.73 bits per heavy atom. The number of hydrogen-bond acceptors (Lipinski definition) is 4. The van der Waals surface area contributed by atoms with Crippen LogP contribution in [0.5, 0.6) is 0 Å². The van der Waals surface area contributed by atoms with E-state index in [9.17, 15) is 18.0 Å². The number of carbonyl (C=O) groups excluding carboxylic acids is 1. The Labute approximate surface area is 133 Å². The zero-order valence-corrected chi connectivity index (χ0v) is 13.0. The molecular weight excluding hydrogens is 333 g/mol. The third kappa shape index (κ3) is 2.61. The summed E-state index contributed by atoms with van der Waals surface area (Å²) in [4.78, 5) is 17.6. The summed E-state index contributed by atoms with van der Waals surface area (Å²) in [5, 5.41) is 0.423. The molecule has 0 aromatic carbocycles. The Morgan fingerprint density at radius 1 is 1.32 bits per heavy atom.